The Balaban J connectivity index is 0.00000338. The highest BCUT2D eigenvalue weighted by molar-refractivity contribution is 14.0. The van der Waals surface area contributed by atoms with Crippen LogP contribution < -0.4 is 5.32 Å². The number of nitrogens with zero attached hydrogens (tertiary/aromatic N) is 5. The van der Waals surface area contributed by atoms with Crippen molar-refractivity contribution in [3.05, 3.63) is 11.7 Å². The molecule has 2 rings (SSSR count). The minimum absolute atomic E-state index is 0. The van der Waals surface area contributed by atoms with E-state index in [0.717, 1.165) is 6.42 Å². The highest BCUT2D eigenvalue weighted by atomic mass is 127. The van der Waals surface area contributed by atoms with Crippen LogP contribution in [0.1, 0.15) is 25.1 Å². The average molecular weight is 490 g/mol. The Morgan fingerprint density at radius 3 is 2.46 bits per heavy atom. The molecular weight excluding hydrogens is 464 g/mol. The van der Waals surface area contributed by atoms with Crippen molar-refractivity contribution < 1.29 is 17.7 Å². The molecule has 0 radical (unpaired) electrons. The summed E-state index contributed by atoms with van der Waals surface area (Å²) in [6.07, 6.45) is -2.72. The Morgan fingerprint density at radius 2 is 1.96 bits per heavy atom. The third-order valence-corrected chi connectivity index (χ3v) is 4.27. The Kier molecular flexibility index (Phi) is 9.07. The van der Waals surface area contributed by atoms with Crippen LogP contribution in [0, 0.1) is 6.92 Å². The molecule has 26 heavy (non-hydrogen) atoms. The standard InChI is InChI=1S/C15H25F3N6O.HI/c1-11(15(16,17)18)23-7-9-24(10-8-23)14(19-3)20-6-4-5-13-21-12(2)22-25-13;/h11H,4-10H2,1-3H3,(H,19,20);1H. The summed E-state index contributed by atoms with van der Waals surface area (Å²) < 4.78 is 43.4. The van der Waals surface area contributed by atoms with Gasteiger partial charge in [-0.25, -0.2) is 0 Å². The summed E-state index contributed by atoms with van der Waals surface area (Å²) in [6, 6.07) is -1.41. The Labute approximate surface area is 168 Å². The van der Waals surface area contributed by atoms with Crippen molar-refractivity contribution in [1.82, 2.24) is 25.3 Å². The molecule has 0 amide bonds. The van der Waals surface area contributed by atoms with E-state index in [1.165, 1.54) is 11.8 Å². The van der Waals surface area contributed by atoms with Gasteiger partial charge in [-0.05, 0) is 20.3 Å². The summed E-state index contributed by atoms with van der Waals surface area (Å²) in [4.78, 5) is 11.8. The first-order chi connectivity index (χ1) is 11.8. The fraction of sp³-hybridized carbons (Fsp3) is 0.800. The molecule has 7 nitrogen and oxygen atoms in total. The van der Waals surface area contributed by atoms with Crippen LogP contribution in [0.5, 0.6) is 0 Å². The molecule has 1 atom stereocenters. The summed E-state index contributed by atoms with van der Waals surface area (Å²) >= 11 is 0. The van der Waals surface area contributed by atoms with Crippen molar-refractivity contribution in [2.45, 2.75) is 38.9 Å². The van der Waals surface area contributed by atoms with Gasteiger partial charge in [0.25, 0.3) is 0 Å². The Hall–Kier alpha value is -1.11. The molecule has 1 aliphatic heterocycles. The number of aromatic nitrogens is 2. The van der Waals surface area contributed by atoms with Gasteiger partial charge in [0.05, 0.1) is 0 Å². The molecule has 0 spiro atoms. The van der Waals surface area contributed by atoms with Gasteiger partial charge >= 0.3 is 6.18 Å². The number of halogens is 4. The zero-order valence-corrected chi connectivity index (χ0v) is 17.5. The first kappa shape index (κ1) is 22.9. The van der Waals surface area contributed by atoms with E-state index in [2.05, 4.69) is 20.4 Å². The van der Waals surface area contributed by atoms with Crippen LogP contribution in [0.3, 0.4) is 0 Å². The summed E-state index contributed by atoms with van der Waals surface area (Å²) in [6.45, 7) is 5.42. The summed E-state index contributed by atoms with van der Waals surface area (Å²) in [5.41, 5.74) is 0. The second-order valence-electron chi connectivity index (χ2n) is 6.05. The molecule has 1 aromatic heterocycles. The number of rotatable bonds is 5. The highest BCUT2D eigenvalue weighted by Crippen LogP contribution is 2.25. The van der Waals surface area contributed by atoms with Gasteiger partial charge in [-0.15, -0.1) is 24.0 Å². The molecule has 2 heterocycles. The largest absolute Gasteiger partial charge is 0.403 e. The van der Waals surface area contributed by atoms with Gasteiger partial charge in [0.15, 0.2) is 11.8 Å². The molecular formula is C15H26F3IN6O. The molecule has 1 aromatic rings. The summed E-state index contributed by atoms with van der Waals surface area (Å²) in [7, 11) is 1.68. The number of guanidine groups is 1. The number of hydrogen-bond donors (Lipinski definition) is 1. The van der Waals surface area contributed by atoms with Crippen LogP contribution in [0.4, 0.5) is 13.2 Å². The van der Waals surface area contributed by atoms with Crippen LogP contribution in [0.2, 0.25) is 0 Å². The lowest BCUT2D eigenvalue weighted by atomic mass is 10.2. The molecule has 1 saturated heterocycles. The van der Waals surface area contributed by atoms with E-state index in [9.17, 15) is 13.2 Å². The first-order valence-electron chi connectivity index (χ1n) is 8.37. The van der Waals surface area contributed by atoms with Crippen molar-refractivity contribution in [3.63, 3.8) is 0 Å². The second-order valence-corrected chi connectivity index (χ2v) is 6.05. The predicted molar refractivity (Wildman–Crippen MR) is 103 cm³/mol. The average Bonchev–Trinajstić information content (AvgIpc) is 2.99. The zero-order valence-electron chi connectivity index (χ0n) is 15.2. The zero-order chi connectivity index (χ0) is 18.4. The Bertz CT molecular complexity index is 572. The van der Waals surface area contributed by atoms with E-state index in [0.29, 0.717) is 56.8 Å². The molecule has 0 bridgehead atoms. The van der Waals surface area contributed by atoms with Crippen molar-refractivity contribution >= 4 is 29.9 Å². The van der Waals surface area contributed by atoms with Gasteiger partial charge in [-0.1, -0.05) is 5.16 Å². The summed E-state index contributed by atoms with van der Waals surface area (Å²) in [5, 5.41) is 6.97. The monoisotopic (exact) mass is 490 g/mol. The highest BCUT2D eigenvalue weighted by Gasteiger charge is 2.41. The third kappa shape index (κ3) is 6.56. The minimum atomic E-state index is -4.19. The normalized spacial score (nSPS) is 17.8. The number of nitrogens with one attached hydrogen (secondary N) is 1. The molecule has 1 N–H and O–H groups in total. The lowest BCUT2D eigenvalue weighted by Crippen LogP contribution is -2.56. The van der Waals surface area contributed by atoms with Crippen LogP contribution in [0.15, 0.2) is 9.52 Å². The topological polar surface area (TPSA) is 69.8 Å². The van der Waals surface area contributed by atoms with E-state index in [-0.39, 0.29) is 24.0 Å². The quantitative estimate of drug-likeness (QED) is 0.295. The molecule has 0 aromatic carbocycles. The number of hydrogen-bond acceptors (Lipinski definition) is 5. The fourth-order valence-corrected chi connectivity index (χ4v) is 2.74. The second kappa shape index (κ2) is 10.3. The smallest absolute Gasteiger partial charge is 0.356 e. The van der Waals surface area contributed by atoms with Gasteiger partial charge in [-0.2, -0.15) is 18.2 Å². The maximum atomic E-state index is 12.8. The van der Waals surface area contributed by atoms with E-state index >= 15 is 0 Å². The van der Waals surface area contributed by atoms with Crippen LogP contribution in [-0.4, -0.2) is 77.9 Å². The lowest BCUT2D eigenvalue weighted by Gasteiger charge is -2.39. The van der Waals surface area contributed by atoms with Crippen molar-refractivity contribution in [3.8, 4) is 0 Å². The number of piperazine rings is 1. The third-order valence-electron chi connectivity index (χ3n) is 4.27. The molecule has 11 heteroatoms. The SMILES string of the molecule is CN=C(NCCCc1nc(C)no1)N1CCN(C(C)C(F)(F)F)CC1.I. The van der Waals surface area contributed by atoms with Crippen LogP contribution in [-0.2, 0) is 6.42 Å². The van der Waals surface area contributed by atoms with Crippen molar-refractivity contribution in [2.75, 3.05) is 39.8 Å². The number of aliphatic imine (C=N–C) groups is 1. The van der Waals surface area contributed by atoms with Gasteiger partial charge in [0.1, 0.15) is 6.04 Å². The number of alkyl halides is 3. The van der Waals surface area contributed by atoms with Gasteiger partial charge < -0.3 is 14.7 Å². The molecule has 0 saturated carbocycles. The Morgan fingerprint density at radius 1 is 1.31 bits per heavy atom. The van der Waals surface area contributed by atoms with Gasteiger partial charge in [0.2, 0.25) is 5.89 Å². The van der Waals surface area contributed by atoms with E-state index < -0.39 is 12.2 Å². The van der Waals surface area contributed by atoms with E-state index in [1.54, 1.807) is 14.0 Å². The maximum absolute atomic E-state index is 12.8. The lowest BCUT2D eigenvalue weighted by molar-refractivity contribution is -0.181. The maximum Gasteiger partial charge on any atom is 0.403 e. The summed E-state index contributed by atoms with van der Waals surface area (Å²) in [5.74, 6) is 1.93. The van der Waals surface area contributed by atoms with Crippen molar-refractivity contribution in [1.29, 1.82) is 0 Å². The fourth-order valence-electron chi connectivity index (χ4n) is 2.74. The van der Waals surface area contributed by atoms with Crippen molar-refractivity contribution in [2.24, 2.45) is 4.99 Å². The number of aryl methyl sites for hydroxylation is 2. The van der Waals surface area contributed by atoms with Crippen LogP contribution in [0.25, 0.3) is 0 Å². The van der Waals surface area contributed by atoms with Gasteiger partial charge in [0, 0.05) is 46.2 Å². The van der Waals surface area contributed by atoms with Crippen LogP contribution >= 0.6 is 24.0 Å². The molecule has 1 fully saturated rings. The minimum Gasteiger partial charge on any atom is -0.356 e. The predicted octanol–water partition coefficient (Wildman–Crippen LogP) is 2.07. The molecule has 0 aliphatic carbocycles. The van der Waals surface area contributed by atoms with E-state index in [4.69, 9.17) is 4.52 Å². The molecule has 150 valence electrons. The van der Waals surface area contributed by atoms with E-state index in [1.807, 2.05) is 4.90 Å². The van der Waals surface area contributed by atoms with Gasteiger partial charge in [-0.3, -0.25) is 9.89 Å². The first-order valence-corrected chi connectivity index (χ1v) is 8.37. The molecule has 1 aliphatic rings. The molecule has 1 unspecified atom stereocenters.